The van der Waals surface area contributed by atoms with E-state index in [0.717, 1.165) is 18.6 Å². The van der Waals surface area contributed by atoms with Crippen molar-refractivity contribution >= 4 is 0 Å². The Labute approximate surface area is 104 Å². The maximum absolute atomic E-state index is 6.09. The molecule has 0 fully saturated rings. The fourth-order valence-corrected chi connectivity index (χ4v) is 2.80. The molecule has 1 aromatic rings. The highest BCUT2D eigenvalue weighted by atomic mass is 16.5. The van der Waals surface area contributed by atoms with Gasteiger partial charge in [-0.2, -0.15) is 0 Å². The number of aryl methyl sites for hydroxylation is 1. The van der Waals surface area contributed by atoms with Crippen LogP contribution in [0.4, 0.5) is 0 Å². The summed E-state index contributed by atoms with van der Waals surface area (Å²) < 4.78 is 5.29. The Kier molecular flexibility index (Phi) is 4.06. The molecule has 2 unspecified atom stereocenters. The first-order valence-corrected chi connectivity index (χ1v) is 6.67. The molecule has 0 aromatic heterocycles. The highest BCUT2D eigenvalue weighted by Gasteiger charge is 2.22. The number of rotatable bonds is 4. The Morgan fingerprint density at radius 3 is 3.00 bits per heavy atom. The Morgan fingerprint density at radius 1 is 1.47 bits per heavy atom. The van der Waals surface area contributed by atoms with E-state index in [0.29, 0.717) is 12.0 Å². The third-order valence-corrected chi connectivity index (χ3v) is 3.90. The number of methoxy groups -OCH3 is 1. The van der Waals surface area contributed by atoms with E-state index in [1.54, 1.807) is 7.11 Å². The van der Waals surface area contributed by atoms with E-state index in [-0.39, 0.29) is 0 Å². The van der Waals surface area contributed by atoms with Crippen LogP contribution in [0.3, 0.4) is 0 Å². The molecule has 0 amide bonds. The van der Waals surface area contributed by atoms with Gasteiger partial charge in [0.15, 0.2) is 0 Å². The zero-order valence-electron chi connectivity index (χ0n) is 10.9. The van der Waals surface area contributed by atoms with E-state index >= 15 is 0 Å². The first-order chi connectivity index (χ1) is 8.24. The van der Waals surface area contributed by atoms with Gasteiger partial charge in [-0.3, -0.25) is 0 Å². The number of nitrogens with two attached hydrogens (primary N) is 1. The lowest BCUT2D eigenvalue weighted by Gasteiger charge is -2.27. The number of hydrogen-bond donors (Lipinski definition) is 1. The Bertz CT molecular complexity index is 375. The van der Waals surface area contributed by atoms with Crippen LogP contribution in [-0.2, 0) is 6.42 Å². The van der Waals surface area contributed by atoms with E-state index in [2.05, 4.69) is 25.1 Å². The summed E-state index contributed by atoms with van der Waals surface area (Å²) in [6.45, 7) is 2.17. The average molecular weight is 233 g/mol. The van der Waals surface area contributed by atoms with Crippen LogP contribution in [0.1, 0.15) is 49.7 Å². The number of fused-ring (bicyclic) bond motifs is 1. The average Bonchev–Trinajstić information content (AvgIpc) is 2.38. The van der Waals surface area contributed by atoms with E-state index in [1.807, 2.05) is 0 Å². The summed E-state index contributed by atoms with van der Waals surface area (Å²) in [5, 5.41) is 0. The van der Waals surface area contributed by atoms with E-state index < -0.39 is 0 Å². The van der Waals surface area contributed by atoms with Gasteiger partial charge in [-0.25, -0.2) is 0 Å². The van der Waals surface area contributed by atoms with Crippen molar-refractivity contribution < 1.29 is 4.74 Å². The molecule has 2 rings (SSSR count). The summed E-state index contributed by atoms with van der Waals surface area (Å²) in [4.78, 5) is 0. The molecule has 2 nitrogen and oxygen atoms in total. The summed E-state index contributed by atoms with van der Waals surface area (Å²) in [5.74, 6) is 1.63. The molecule has 0 bridgehead atoms. The molecule has 17 heavy (non-hydrogen) atoms. The summed E-state index contributed by atoms with van der Waals surface area (Å²) in [7, 11) is 1.73. The molecule has 1 aliphatic rings. The molecule has 94 valence electrons. The predicted molar refractivity (Wildman–Crippen MR) is 71.6 cm³/mol. The molecule has 0 saturated heterocycles. The Balaban J connectivity index is 2.19. The van der Waals surface area contributed by atoms with Crippen molar-refractivity contribution in [3.05, 3.63) is 29.3 Å². The smallest absolute Gasteiger partial charge is 0.119 e. The molecule has 1 aliphatic carbocycles. The molecule has 0 aliphatic heterocycles. The minimum Gasteiger partial charge on any atom is -0.497 e. The van der Waals surface area contributed by atoms with Crippen molar-refractivity contribution in [3.63, 3.8) is 0 Å². The first-order valence-electron chi connectivity index (χ1n) is 6.67. The van der Waals surface area contributed by atoms with Crippen LogP contribution < -0.4 is 10.5 Å². The Morgan fingerprint density at radius 2 is 2.29 bits per heavy atom. The van der Waals surface area contributed by atoms with Gasteiger partial charge in [0.1, 0.15) is 5.75 Å². The van der Waals surface area contributed by atoms with Crippen LogP contribution >= 0.6 is 0 Å². The lowest BCUT2D eigenvalue weighted by Crippen LogP contribution is -2.23. The Hall–Kier alpha value is -1.02. The fraction of sp³-hybridized carbons (Fsp3) is 0.600. The van der Waals surface area contributed by atoms with Gasteiger partial charge in [0.05, 0.1) is 7.11 Å². The van der Waals surface area contributed by atoms with Gasteiger partial charge >= 0.3 is 0 Å². The molecular weight excluding hydrogens is 210 g/mol. The van der Waals surface area contributed by atoms with Gasteiger partial charge in [-0.1, -0.05) is 13.0 Å². The zero-order valence-corrected chi connectivity index (χ0v) is 10.9. The largest absolute Gasteiger partial charge is 0.497 e. The van der Waals surface area contributed by atoms with Gasteiger partial charge < -0.3 is 10.5 Å². The maximum Gasteiger partial charge on any atom is 0.119 e. The van der Waals surface area contributed by atoms with Crippen molar-refractivity contribution in [1.29, 1.82) is 0 Å². The van der Waals surface area contributed by atoms with Crippen LogP contribution in [0, 0.1) is 0 Å². The molecule has 0 heterocycles. The van der Waals surface area contributed by atoms with E-state index in [4.69, 9.17) is 10.5 Å². The van der Waals surface area contributed by atoms with Crippen molar-refractivity contribution in [3.8, 4) is 5.75 Å². The quantitative estimate of drug-likeness (QED) is 0.866. The summed E-state index contributed by atoms with van der Waals surface area (Å²) >= 11 is 0. The summed E-state index contributed by atoms with van der Waals surface area (Å²) in [6.07, 6.45) is 5.94. The van der Waals surface area contributed by atoms with Gasteiger partial charge in [0, 0.05) is 6.04 Å². The van der Waals surface area contributed by atoms with Gasteiger partial charge in [-0.05, 0) is 61.3 Å². The van der Waals surface area contributed by atoms with E-state index in [9.17, 15) is 0 Å². The normalized spacial score (nSPS) is 20.8. The van der Waals surface area contributed by atoms with Gasteiger partial charge in [-0.15, -0.1) is 0 Å². The second kappa shape index (κ2) is 5.54. The number of ether oxygens (including phenoxy) is 1. The standard InChI is InChI=1S/C15H23NO/c1-3-13(16)9-11-5-4-6-12-10-14(17-2)7-8-15(11)12/h7-8,10-11,13H,3-6,9,16H2,1-2H3. The molecule has 2 heteroatoms. The lowest BCUT2D eigenvalue weighted by molar-refractivity contribution is 0.411. The molecular formula is C15H23NO. The second-order valence-corrected chi connectivity index (χ2v) is 5.06. The van der Waals surface area contributed by atoms with Crippen LogP contribution in [-0.4, -0.2) is 13.2 Å². The predicted octanol–water partition coefficient (Wildman–Crippen LogP) is 3.24. The molecule has 0 radical (unpaired) electrons. The third-order valence-electron chi connectivity index (χ3n) is 3.90. The first kappa shape index (κ1) is 12.4. The van der Waals surface area contributed by atoms with Crippen molar-refractivity contribution in [1.82, 2.24) is 0 Å². The third kappa shape index (κ3) is 2.81. The lowest BCUT2D eigenvalue weighted by atomic mass is 9.79. The molecule has 0 saturated carbocycles. The zero-order chi connectivity index (χ0) is 12.3. The second-order valence-electron chi connectivity index (χ2n) is 5.06. The van der Waals surface area contributed by atoms with Crippen molar-refractivity contribution in [2.45, 2.75) is 51.0 Å². The number of hydrogen-bond acceptors (Lipinski definition) is 2. The van der Waals surface area contributed by atoms with Crippen LogP contribution in [0.15, 0.2) is 18.2 Å². The van der Waals surface area contributed by atoms with Gasteiger partial charge in [0.2, 0.25) is 0 Å². The van der Waals surface area contributed by atoms with Crippen molar-refractivity contribution in [2.75, 3.05) is 7.11 Å². The summed E-state index contributed by atoms with van der Waals surface area (Å²) in [6, 6.07) is 6.85. The minimum atomic E-state index is 0.341. The monoisotopic (exact) mass is 233 g/mol. The fourth-order valence-electron chi connectivity index (χ4n) is 2.80. The molecule has 2 atom stereocenters. The van der Waals surface area contributed by atoms with E-state index in [1.165, 1.54) is 30.4 Å². The summed E-state index contributed by atoms with van der Waals surface area (Å²) in [5.41, 5.74) is 9.06. The molecule has 2 N–H and O–H groups in total. The van der Waals surface area contributed by atoms with Crippen molar-refractivity contribution in [2.24, 2.45) is 5.73 Å². The maximum atomic E-state index is 6.09. The van der Waals surface area contributed by atoms with Gasteiger partial charge in [0.25, 0.3) is 0 Å². The van der Waals surface area contributed by atoms with Crippen LogP contribution in [0.2, 0.25) is 0 Å². The SMILES string of the molecule is CCC(N)CC1CCCc2cc(OC)ccc21. The minimum absolute atomic E-state index is 0.341. The topological polar surface area (TPSA) is 35.2 Å². The van der Waals surface area contributed by atoms with Crippen LogP contribution in [0.5, 0.6) is 5.75 Å². The number of benzene rings is 1. The highest BCUT2D eigenvalue weighted by molar-refractivity contribution is 5.39. The van der Waals surface area contributed by atoms with Crippen LogP contribution in [0.25, 0.3) is 0 Å². The molecule has 0 spiro atoms. The highest BCUT2D eigenvalue weighted by Crippen LogP contribution is 2.36. The molecule has 1 aromatic carbocycles.